The van der Waals surface area contributed by atoms with Crippen LogP contribution in [0.4, 0.5) is 0 Å². The van der Waals surface area contributed by atoms with Crippen LogP contribution in [0.5, 0.6) is 0 Å². The second-order valence-electron chi connectivity index (χ2n) is 9.53. The molecule has 0 spiro atoms. The molecule has 9 heteroatoms. The van der Waals surface area contributed by atoms with Gasteiger partial charge in [0.1, 0.15) is 0 Å². The first-order valence-corrected chi connectivity index (χ1v) is 14.3. The topological polar surface area (TPSA) is 107 Å². The number of aromatic nitrogens is 1. The highest BCUT2D eigenvalue weighted by molar-refractivity contribution is 7.89. The van der Waals surface area contributed by atoms with Crippen molar-refractivity contribution in [3.05, 3.63) is 84.1 Å². The molecule has 38 heavy (non-hydrogen) atoms. The van der Waals surface area contributed by atoms with Crippen LogP contribution < -0.4 is 10.5 Å². The molecule has 0 saturated carbocycles. The van der Waals surface area contributed by atoms with Gasteiger partial charge in [0.05, 0.1) is 29.4 Å². The lowest BCUT2D eigenvalue weighted by Crippen LogP contribution is -2.38. The monoisotopic (exact) mass is 532 g/mol. The summed E-state index contributed by atoms with van der Waals surface area (Å²) in [5.41, 5.74) is 3.88. The standard InChI is InChI=1S/C29H32N4O4S/c1-21-27(29(34)31-13-4-14-32-15-17-37-18-16-32)20-28(24-8-7-22-5-2-3-6-23(22)19-24)33(21)25-9-11-26(12-10-25)38(30,35)36/h2-3,5-12,19-20H,4,13-18H2,1H3,(H,31,34)(H2,30,35,36). The van der Waals surface area contributed by atoms with Gasteiger partial charge in [-0.2, -0.15) is 0 Å². The smallest absolute Gasteiger partial charge is 0.253 e. The SMILES string of the molecule is Cc1c(C(=O)NCCCN2CCOCC2)cc(-c2ccc3ccccc3c2)n1-c1ccc(S(N)(=O)=O)cc1. The number of nitrogens with zero attached hydrogens (tertiary/aromatic N) is 2. The number of sulfonamides is 1. The van der Waals surface area contributed by atoms with Crippen molar-refractivity contribution >= 4 is 26.7 Å². The van der Waals surface area contributed by atoms with E-state index in [2.05, 4.69) is 34.5 Å². The average Bonchev–Trinajstić information content (AvgIpc) is 3.28. The molecule has 1 amide bonds. The van der Waals surface area contributed by atoms with E-state index in [0.29, 0.717) is 12.1 Å². The number of carbonyl (C=O) groups excluding carboxylic acids is 1. The summed E-state index contributed by atoms with van der Waals surface area (Å²) < 4.78 is 31.0. The fourth-order valence-electron chi connectivity index (χ4n) is 4.94. The Labute approximate surface area is 223 Å². The summed E-state index contributed by atoms with van der Waals surface area (Å²) in [6, 6.07) is 22.6. The third kappa shape index (κ3) is 5.66. The number of amides is 1. The van der Waals surface area contributed by atoms with E-state index in [0.717, 1.165) is 72.7 Å². The van der Waals surface area contributed by atoms with Crippen LogP contribution >= 0.6 is 0 Å². The number of primary sulfonamides is 1. The van der Waals surface area contributed by atoms with Gasteiger partial charge < -0.3 is 14.6 Å². The van der Waals surface area contributed by atoms with Gasteiger partial charge in [-0.25, -0.2) is 13.6 Å². The van der Waals surface area contributed by atoms with Crippen LogP contribution in [0.1, 0.15) is 22.5 Å². The van der Waals surface area contributed by atoms with E-state index in [1.807, 2.05) is 35.8 Å². The highest BCUT2D eigenvalue weighted by Crippen LogP contribution is 2.32. The zero-order valence-electron chi connectivity index (χ0n) is 21.4. The predicted molar refractivity (Wildman–Crippen MR) is 149 cm³/mol. The summed E-state index contributed by atoms with van der Waals surface area (Å²) in [6.07, 6.45) is 0.859. The van der Waals surface area contributed by atoms with Crippen LogP contribution in [-0.4, -0.2) is 63.2 Å². The molecule has 1 saturated heterocycles. The van der Waals surface area contributed by atoms with Crippen molar-refractivity contribution in [1.82, 2.24) is 14.8 Å². The van der Waals surface area contributed by atoms with Gasteiger partial charge in [-0.1, -0.05) is 36.4 Å². The number of morpholine rings is 1. The zero-order valence-corrected chi connectivity index (χ0v) is 22.2. The normalized spacial score (nSPS) is 14.6. The van der Waals surface area contributed by atoms with Crippen molar-refractivity contribution in [3.63, 3.8) is 0 Å². The summed E-state index contributed by atoms with van der Waals surface area (Å²) in [5, 5.41) is 10.6. The molecule has 5 rings (SSSR count). The number of carbonyl (C=O) groups is 1. The van der Waals surface area contributed by atoms with Crippen LogP contribution in [0.25, 0.3) is 27.7 Å². The minimum Gasteiger partial charge on any atom is -0.379 e. The van der Waals surface area contributed by atoms with Gasteiger partial charge in [0, 0.05) is 31.0 Å². The largest absolute Gasteiger partial charge is 0.379 e. The number of nitrogens with one attached hydrogen (secondary N) is 1. The number of rotatable bonds is 8. The summed E-state index contributed by atoms with van der Waals surface area (Å²) in [6.45, 7) is 6.77. The van der Waals surface area contributed by atoms with E-state index in [9.17, 15) is 13.2 Å². The molecular formula is C29H32N4O4S. The Bertz CT molecular complexity index is 1560. The van der Waals surface area contributed by atoms with Gasteiger partial charge in [0.2, 0.25) is 10.0 Å². The van der Waals surface area contributed by atoms with Crippen molar-refractivity contribution in [3.8, 4) is 16.9 Å². The molecule has 0 bridgehead atoms. The maximum absolute atomic E-state index is 13.3. The summed E-state index contributed by atoms with van der Waals surface area (Å²) in [7, 11) is -3.81. The zero-order chi connectivity index (χ0) is 26.7. The van der Waals surface area contributed by atoms with E-state index in [4.69, 9.17) is 9.88 Å². The first kappa shape index (κ1) is 26.1. The van der Waals surface area contributed by atoms with Gasteiger partial charge in [-0.3, -0.25) is 9.69 Å². The molecule has 8 nitrogen and oxygen atoms in total. The number of benzene rings is 3. The fourth-order valence-corrected chi connectivity index (χ4v) is 5.46. The van der Waals surface area contributed by atoms with Gasteiger partial charge in [-0.15, -0.1) is 0 Å². The highest BCUT2D eigenvalue weighted by atomic mass is 32.2. The molecule has 3 aromatic carbocycles. The van der Waals surface area contributed by atoms with Crippen molar-refractivity contribution in [2.24, 2.45) is 5.14 Å². The Morgan fingerprint density at radius 1 is 0.974 bits per heavy atom. The van der Waals surface area contributed by atoms with Crippen molar-refractivity contribution in [2.45, 2.75) is 18.2 Å². The molecule has 0 unspecified atom stereocenters. The number of nitrogens with two attached hydrogens (primary N) is 1. The molecular weight excluding hydrogens is 500 g/mol. The Balaban J connectivity index is 1.46. The molecule has 2 heterocycles. The van der Waals surface area contributed by atoms with Crippen molar-refractivity contribution in [2.75, 3.05) is 39.4 Å². The van der Waals surface area contributed by atoms with Gasteiger partial charge in [0.15, 0.2) is 0 Å². The third-order valence-electron chi connectivity index (χ3n) is 7.00. The Kier molecular flexibility index (Phi) is 7.62. The van der Waals surface area contributed by atoms with E-state index < -0.39 is 10.0 Å². The van der Waals surface area contributed by atoms with Crippen LogP contribution in [-0.2, 0) is 14.8 Å². The maximum atomic E-state index is 13.3. The maximum Gasteiger partial charge on any atom is 0.253 e. The third-order valence-corrected chi connectivity index (χ3v) is 7.93. The Morgan fingerprint density at radius 2 is 1.68 bits per heavy atom. The van der Waals surface area contributed by atoms with Crippen LogP contribution in [0.15, 0.2) is 77.7 Å². The summed E-state index contributed by atoms with van der Waals surface area (Å²) in [5.74, 6) is -0.133. The number of hydrogen-bond acceptors (Lipinski definition) is 5. The Morgan fingerprint density at radius 3 is 2.39 bits per heavy atom. The minimum absolute atomic E-state index is 0.0385. The van der Waals surface area contributed by atoms with Crippen LogP contribution in [0.2, 0.25) is 0 Å². The molecule has 1 aliphatic rings. The van der Waals surface area contributed by atoms with Gasteiger partial charge >= 0.3 is 0 Å². The van der Waals surface area contributed by atoms with Crippen LogP contribution in [0, 0.1) is 6.92 Å². The first-order valence-electron chi connectivity index (χ1n) is 12.7. The second-order valence-corrected chi connectivity index (χ2v) is 11.1. The molecule has 0 radical (unpaired) electrons. The lowest BCUT2D eigenvalue weighted by Gasteiger charge is -2.26. The molecule has 1 fully saturated rings. The van der Waals surface area contributed by atoms with Crippen molar-refractivity contribution < 1.29 is 17.9 Å². The van der Waals surface area contributed by atoms with E-state index in [-0.39, 0.29) is 10.8 Å². The minimum atomic E-state index is -3.81. The van der Waals surface area contributed by atoms with Gasteiger partial charge in [0.25, 0.3) is 5.91 Å². The molecule has 3 N–H and O–H groups in total. The lowest BCUT2D eigenvalue weighted by molar-refractivity contribution is 0.0374. The lowest BCUT2D eigenvalue weighted by atomic mass is 10.0. The highest BCUT2D eigenvalue weighted by Gasteiger charge is 2.20. The fraction of sp³-hybridized carbons (Fsp3) is 0.276. The first-order chi connectivity index (χ1) is 18.3. The average molecular weight is 533 g/mol. The number of ether oxygens (including phenoxy) is 1. The van der Waals surface area contributed by atoms with E-state index in [1.54, 1.807) is 12.1 Å². The van der Waals surface area contributed by atoms with E-state index in [1.165, 1.54) is 12.1 Å². The molecule has 4 aromatic rings. The molecule has 0 atom stereocenters. The number of fused-ring (bicyclic) bond motifs is 1. The molecule has 1 aromatic heterocycles. The molecule has 198 valence electrons. The number of hydrogen-bond donors (Lipinski definition) is 2. The second kappa shape index (κ2) is 11.1. The van der Waals surface area contributed by atoms with E-state index >= 15 is 0 Å². The molecule has 0 aliphatic carbocycles. The van der Waals surface area contributed by atoms with Crippen molar-refractivity contribution in [1.29, 1.82) is 0 Å². The van der Waals surface area contributed by atoms with Gasteiger partial charge in [-0.05, 0) is 72.6 Å². The summed E-state index contributed by atoms with van der Waals surface area (Å²) in [4.78, 5) is 15.7. The Hall–Kier alpha value is -3.50. The quantitative estimate of drug-likeness (QED) is 0.337. The predicted octanol–water partition coefficient (Wildman–Crippen LogP) is 3.71. The van der Waals surface area contributed by atoms with Crippen LogP contribution in [0.3, 0.4) is 0 Å². The summed E-state index contributed by atoms with van der Waals surface area (Å²) >= 11 is 0. The molecule has 1 aliphatic heterocycles.